The van der Waals surface area contributed by atoms with E-state index in [9.17, 15) is 4.79 Å². The Kier molecular flexibility index (Phi) is 7.16. The minimum Gasteiger partial charge on any atom is -0.337 e. The summed E-state index contributed by atoms with van der Waals surface area (Å²) in [5.74, 6) is 0.139. The molecule has 90 valence electrons. The van der Waals surface area contributed by atoms with Gasteiger partial charge >= 0.3 is 0 Å². The first-order valence-electron chi connectivity index (χ1n) is 5.21. The molecule has 4 heteroatoms. The molecule has 1 N–H and O–H groups in total. The van der Waals surface area contributed by atoms with E-state index in [1.165, 1.54) is 7.11 Å². The molecule has 0 saturated heterocycles. The maximum absolute atomic E-state index is 11.3. The lowest BCUT2D eigenvalue weighted by atomic mass is 10.1. The number of hydrogen-bond acceptors (Lipinski definition) is 3. The molecule has 1 amide bonds. The first-order chi connectivity index (χ1) is 7.70. The van der Waals surface area contributed by atoms with Gasteiger partial charge in [-0.3, -0.25) is 10.1 Å². The van der Waals surface area contributed by atoms with Gasteiger partial charge in [-0.05, 0) is 11.6 Å². The van der Waals surface area contributed by atoms with Crippen molar-refractivity contribution in [2.45, 2.75) is 20.4 Å². The molecule has 1 heterocycles. The van der Waals surface area contributed by atoms with Crippen molar-refractivity contribution >= 4 is 5.91 Å². The van der Waals surface area contributed by atoms with Gasteiger partial charge in [0.25, 0.3) is 5.91 Å². The smallest absolute Gasteiger partial charge is 0.254 e. The van der Waals surface area contributed by atoms with Crippen LogP contribution in [0, 0.1) is 0 Å². The first-order valence-corrected chi connectivity index (χ1v) is 5.21. The SMILES string of the molecule is CC.CN1Cc2ccccc2C1=O.COO. The number of nitrogens with zero attached hydrogens (tertiary/aromatic N) is 1. The number of carbonyl (C=O) groups is 1. The van der Waals surface area contributed by atoms with Gasteiger partial charge in [0, 0.05) is 19.2 Å². The summed E-state index contributed by atoms with van der Waals surface area (Å²) in [5.41, 5.74) is 2.00. The summed E-state index contributed by atoms with van der Waals surface area (Å²) in [7, 11) is 3.00. The van der Waals surface area contributed by atoms with Gasteiger partial charge in [-0.2, -0.15) is 0 Å². The molecular weight excluding hydrogens is 206 g/mol. The molecule has 1 aliphatic rings. The molecule has 16 heavy (non-hydrogen) atoms. The van der Waals surface area contributed by atoms with Crippen molar-refractivity contribution in [1.82, 2.24) is 4.90 Å². The molecule has 0 aliphatic carbocycles. The van der Waals surface area contributed by atoms with Crippen molar-refractivity contribution in [3.63, 3.8) is 0 Å². The van der Waals surface area contributed by atoms with Crippen LogP contribution in [0.15, 0.2) is 24.3 Å². The fourth-order valence-electron chi connectivity index (χ4n) is 1.40. The Hall–Kier alpha value is -1.39. The van der Waals surface area contributed by atoms with Crippen LogP contribution in [-0.2, 0) is 11.4 Å². The van der Waals surface area contributed by atoms with Gasteiger partial charge in [0.15, 0.2) is 0 Å². The Bertz CT molecular complexity index is 326. The van der Waals surface area contributed by atoms with Gasteiger partial charge in [0.1, 0.15) is 0 Å². The van der Waals surface area contributed by atoms with Crippen molar-refractivity contribution in [3.05, 3.63) is 35.4 Å². The number of rotatable bonds is 0. The predicted octanol–water partition coefficient (Wildman–Crippen LogP) is 2.40. The van der Waals surface area contributed by atoms with Crippen LogP contribution in [0.1, 0.15) is 29.8 Å². The third kappa shape index (κ3) is 3.64. The average molecular weight is 225 g/mol. The number of fused-ring (bicyclic) bond motifs is 1. The number of carbonyl (C=O) groups excluding carboxylic acids is 1. The summed E-state index contributed by atoms with van der Waals surface area (Å²) in [5, 5.41) is 7.07. The Morgan fingerprint density at radius 2 is 1.81 bits per heavy atom. The summed E-state index contributed by atoms with van der Waals surface area (Å²) >= 11 is 0. The fraction of sp³-hybridized carbons (Fsp3) is 0.417. The van der Waals surface area contributed by atoms with Crippen LogP contribution < -0.4 is 0 Å². The second-order valence-electron chi connectivity index (χ2n) is 3.00. The third-order valence-electron chi connectivity index (χ3n) is 2.00. The zero-order valence-corrected chi connectivity index (χ0v) is 10.2. The highest BCUT2D eigenvalue weighted by molar-refractivity contribution is 5.98. The minimum atomic E-state index is 0.139. The van der Waals surface area contributed by atoms with Crippen molar-refractivity contribution in [2.75, 3.05) is 14.2 Å². The van der Waals surface area contributed by atoms with Crippen molar-refractivity contribution in [2.24, 2.45) is 0 Å². The van der Waals surface area contributed by atoms with Crippen molar-refractivity contribution in [3.8, 4) is 0 Å². The van der Waals surface area contributed by atoms with Crippen LogP contribution in [0.25, 0.3) is 0 Å². The summed E-state index contributed by atoms with van der Waals surface area (Å²) in [6.45, 7) is 4.76. The third-order valence-corrected chi connectivity index (χ3v) is 2.00. The lowest BCUT2D eigenvalue weighted by Crippen LogP contribution is -2.17. The molecule has 0 unspecified atom stereocenters. The highest BCUT2D eigenvalue weighted by atomic mass is 17.1. The summed E-state index contributed by atoms with van der Waals surface area (Å²) in [6, 6.07) is 7.74. The number of hydrogen-bond donors (Lipinski definition) is 1. The molecule has 0 saturated carbocycles. The monoisotopic (exact) mass is 225 g/mol. The highest BCUT2D eigenvalue weighted by Crippen LogP contribution is 2.19. The quantitative estimate of drug-likeness (QED) is 0.545. The lowest BCUT2D eigenvalue weighted by Gasteiger charge is -2.04. The van der Waals surface area contributed by atoms with Crippen molar-refractivity contribution < 1.29 is 14.9 Å². The van der Waals surface area contributed by atoms with Crippen LogP contribution in [-0.4, -0.2) is 30.2 Å². The summed E-state index contributed by atoms with van der Waals surface area (Å²) in [6.07, 6.45) is 0. The fourth-order valence-corrected chi connectivity index (χ4v) is 1.40. The van der Waals surface area contributed by atoms with E-state index in [4.69, 9.17) is 5.26 Å². The first kappa shape index (κ1) is 14.6. The largest absolute Gasteiger partial charge is 0.337 e. The number of amides is 1. The van der Waals surface area contributed by atoms with Crippen LogP contribution in [0.4, 0.5) is 0 Å². The van der Waals surface area contributed by atoms with Gasteiger partial charge in [0.05, 0.1) is 7.11 Å². The van der Waals surface area contributed by atoms with E-state index in [1.807, 2.05) is 45.2 Å². The Morgan fingerprint density at radius 1 is 1.31 bits per heavy atom. The second kappa shape index (κ2) is 7.84. The van der Waals surface area contributed by atoms with Gasteiger partial charge in [0.2, 0.25) is 0 Å². The molecule has 0 bridgehead atoms. The number of benzene rings is 1. The molecule has 0 fully saturated rings. The maximum Gasteiger partial charge on any atom is 0.254 e. The Morgan fingerprint density at radius 3 is 2.31 bits per heavy atom. The standard InChI is InChI=1S/C9H9NO.C2H6.CH4O2/c1-10-6-7-4-2-3-5-8(7)9(10)11;1-2;1-3-2/h2-5H,6H2,1H3;1-2H3;2H,1H3. The average Bonchev–Trinajstić information content (AvgIpc) is 2.60. The van der Waals surface area contributed by atoms with E-state index in [0.29, 0.717) is 0 Å². The molecule has 0 aromatic heterocycles. The molecule has 1 aromatic carbocycles. The van der Waals surface area contributed by atoms with Crippen LogP contribution in [0.5, 0.6) is 0 Å². The minimum absolute atomic E-state index is 0.139. The zero-order valence-electron chi connectivity index (χ0n) is 10.2. The van der Waals surface area contributed by atoms with E-state index in [-0.39, 0.29) is 5.91 Å². The molecule has 1 aliphatic heterocycles. The lowest BCUT2D eigenvalue weighted by molar-refractivity contribution is -0.214. The van der Waals surface area contributed by atoms with Crippen LogP contribution in [0.2, 0.25) is 0 Å². The van der Waals surface area contributed by atoms with Crippen LogP contribution in [0.3, 0.4) is 0 Å². The van der Waals surface area contributed by atoms with Gasteiger partial charge in [-0.15, -0.1) is 0 Å². The topological polar surface area (TPSA) is 49.8 Å². The molecule has 2 rings (SSSR count). The molecule has 0 spiro atoms. The summed E-state index contributed by atoms with van der Waals surface area (Å²) < 4.78 is 0. The molecular formula is C12H19NO3. The Labute approximate surface area is 96.4 Å². The maximum atomic E-state index is 11.3. The molecule has 4 nitrogen and oxygen atoms in total. The zero-order chi connectivity index (χ0) is 12.6. The second-order valence-corrected chi connectivity index (χ2v) is 3.00. The molecule has 1 aromatic rings. The van der Waals surface area contributed by atoms with Crippen molar-refractivity contribution in [1.29, 1.82) is 0 Å². The molecule has 0 atom stereocenters. The van der Waals surface area contributed by atoms with E-state index < -0.39 is 0 Å². The van der Waals surface area contributed by atoms with E-state index >= 15 is 0 Å². The van der Waals surface area contributed by atoms with Crippen LogP contribution >= 0.6 is 0 Å². The summed E-state index contributed by atoms with van der Waals surface area (Å²) in [4.78, 5) is 16.3. The van der Waals surface area contributed by atoms with E-state index in [1.54, 1.807) is 4.90 Å². The van der Waals surface area contributed by atoms with Gasteiger partial charge in [-0.25, -0.2) is 4.89 Å². The highest BCUT2D eigenvalue weighted by Gasteiger charge is 2.22. The normalized spacial score (nSPS) is 12.1. The van der Waals surface area contributed by atoms with E-state index in [2.05, 4.69) is 4.89 Å². The van der Waals surface area contributed by atoms with Gasteiger partial charge in [-0.1, -0.05) is 32.0 Å². The van der Waals surface area contributed by atoms with Gasteiger partial charge < -0.3 is 4.90 Å². The molecule has 0 radical (unpaired) electrons. The predicted molar refractivity (Wildman–Crippen MR) is 63.2 cm³/mol. The van der Waals surface area contributed by atoms with E-state index in [0.717, 1.165) is 17.7 Å². The Balaban J connectivity index is 0.000000394.